The lowest BCUT2D eigenvalue weighted by Gasteiger charge is -2.42. The molecule has 0 bridgehead atoms. The Kier molecular flexibility index (Phi) is 3.84. The Morgan fingerprint density at radius 2 is 2.06 bits per heavy atom. The van der Waals surface area contributed by atoms with Gasteiger partial charge in [-0.15, -0.1) is 11.6 Å². The van der Waals surface area contributed by atoms with E-state index in [9.17, 15) is 4.79 Å². The zero-order valence-corrected chi connectivity index (χ0v) is 11.1. The summed E-state index contributed by atoms with van der Waals surface area (Å²) in [4.78, 5) is 11.3. The van der Waals surface area contributed by atoms with Crippen LogP contribution in [0.4, 0.5) is 0 Å². The molecule has 0 heterocycles. The quantitative estimate of drug-likeness (QED) is 0.740. The molecule has 0 radical (unpaired) electrons. The van der Waals surface area contributed by atoms with Crippen LogP contribution in [0.1, 0.15) is 27.7 Å². The van der Waals surface area contributed by atoms with Crippen LogP contribution in [0, 0.1) is 11.3 Å². The van der Waals surface area contributed by atoms with Crippen molar-refractivity contribution < 1.29 is 4.79 Å². The molecule has 1 amide bonds. The van der Waals surface area contributed by atoms with Crippen LogP contribution in [0.25, 0.3) is 0 Å². The van der Waals surface area contributed by atoms with Gasteiger partial charge < -0.3 is 5.32 Å². The van der Waals surface area contributed by atoms with Crippen LogP contribution < -0.4 is 5.32 Å². The maximum Gasteiger partial charge on any atom is 0.229 e. The normalized spacial score (nSPS) is 29.2. The van der Waals surface area contributed by atoms with E-state index in [2.05, 4.69) is 26.1 Å². The topological polar surface area (TPSA) is 29.1 Å². The molecule has 1 aliphatic carbocycles. The first-order valence-corrected chi connectivity index (χ1v) is 6.03. The molecule has 16 heavy (non-hydrogen) atoms. The fraction of sp³-hybridized carbons (Fsp3) is 0.615. The summed E-state index contributed by atoms with van der Waals surface area (Å²) in [6, 6.07) is 0. The number of allylic oxidation sites excluding steroid dienone is 3. The SMILES string of the molecule is CCNC(=O)C1C=CC=CC1(Cl)C(C)(C)C. The number of carbonyl (C=O) groups is 1. The summed E-state index contributed by atoms with van der Waals surface area (Å²) in [5.74, 6) is -0.313. The second-order valence-electron chi connectivity index (χ2n) is 5.13. The zero-order valence-electron chi connectivity index (χ0n) is 10.4. The second-order valence-corrected chi connectivity index (χ2v) is 5.76. The van der Waals surface area contributed by atoms with Gasteiger partial charge in [0.2, 0.25) is 5.91 Å². The van der Waals surface area contributed by atoms with Gasteiger partial charge in [0, 0.05) is 6.54 Å². The monoisotopic (exact) mass is 241 g/mol. The van der Waals surface area contributed by atoms with E-state index in [1.165, 1.54) is 0 Å². The lowest BCUT2D eigenvalue weighted by molar-refractivity contribution is -0.124. The van der Waals surface area contributed by atoms with Gasteiger partial charge >= 0.3 is 0 Å². The van der Waals surface area contributed by atoms with Crippen molar-refractivity contribution in [1.29, 1.82) is 0 Å². The molecule has 0 aromatic carbocycles. The summed E-state index contributed by atoms with van der Waals surface area (Å²) in [5, 5.41) is 2.83. The first-order chi connectivity index (χ1) is 7.33. The van der Waals surface area contributed by atoms with Crippen molar-refractivity contribution in [2.24, 2.45) is 11.3 Å². The number of rotatable bonds is 2. The van der Waals surface area contributed by atoms with Crippen LogP contribution in [-0.4, -0.2) is 17.3 Å². The number of alkyl halides is 1. The fourth-order valence-electron chi connectivity index (χ4n) is 1.89. The highest BCUT2D eigenvalue weighted by Gasteiger charge is 2.47. The Labute approximate surface area is 103 Å². The average Bonchev–Trinajstić information content (AvgIpc) is 2.17. The molecule has 0 saturated heterocycles. The molecule has 0 spiro atoms. The van der Waals surface area contributed by atoms with Crippen LogP contribution in [0.15, 0.2) is 24.3 Å². The van der Waals surface area contributed by atoms with Crippen molar-refractivity contribution in [3.8, 4) is 0 Å². The average molecular weight is 242 g/mol. The van der Waals surface area contributed by atoms with Gasteiger partial charge in [0.1, 0.15) is 0 Å². The Morgan fingerprint density at radius 3 is 2.56 bits per heavy atom. The maximum atomic E-state index is 12.0. The van der Waals surface area contributed by atoms with Gasteiger partial charge in [-0.2, -0.15) is 0 Å². The van der Waals surface area contributed by atoms with E-state index in [4.69, 9.17) is 11.6 Å². The molecular formula is C13H20ClNO. The highest BCUT2D eigenvalue weighted by Crippen LogP contribution is 2.45. The van der Waals surface area contributed by atoms with Gasteiger partial charge in [-0.25, -0.2) is 0 Å². The minimum atomic E-state index is -0.652. The van der Waals surface area contributed by atoms with Crippen molar-refractivity contribution in [3.63, 3.8) is 0 Å². The van der Waals surface area contributed by atoms with Gasteiger partial charge in [0.05, 0.1) is 10.8 Å². The van der Waals surface area contributed by atoms with E-state index in [0.717, 1.165) is 0 Å². The Bertz CT molecular complexity index is 327. The number of hydrogen-bond acceptors (Lipinski definition) is 1. The standard InChI is InChI=1S/C13H20ClNO/c1-5-15-11(16)10-8-6-7-9-13(10,14)12(2,3)4/h6-10H,5H2,1-4H3,(H,15,16). The minimum Gasteiger partial charge on any atom is -0.356 e. The number of amides is 1. The molecule has 0 aliphatic heterocycles. The fourth-order valence-corrected chi connectivity index (χ4v) is 2.14. The summed E-state index contributed by atoms with van der Waals surface area (Å²) >= 11 is 6.65. The Hall–Kier alpha value is -0.760. The summed E-state index contributed by atoms with van der Waals surface area (Å²) in [6.45, 7) is 8.69. The van der Waals surface area contributed by atoms with Crippen molar-refractivity contribution >= 4 is 17.5 Å². The first-order valence-electron chi connectivity index (χ1n) is 5.65. The first kappa shape index (κ1) is 13.3. The molecule has 2 unspecified atom stereocenters. The molecule has 0 aromatic heterocycles. The second kappa shape index (κ2) is 4.62. The molecule has 1 aliphatic rings. The highest BCUT2D eigenvalue weighted by molar-refractivity contribution is 6.27. The highest BCUT2D eigenvalue weighted by atomic mass is 35.5. The predicted molar refractivity (Wildman–Crippen MR) is 68.5 cm³/mol. The predicted octanol–water partition coefficient (Wildman–Crippen LogP) is 2.89. The maximum absolute atomic E-state index is 12.0. The molecular weight excluding hydrogens is 222 g/mol. The van der Waals surface area contributed by atoms with Crippen LogP contribution in [-0.2, 0) is 4.79 Å². The van der Waals surface area contributed by atoms with E-state index in [0.29, 0.717) is 6.54 Å². The smallest absolute Gasteiger partial charge is 0.229 e. The summed E-state index contributed by atoms with van der Waals surface area (Å²) < 4.78 is 0. The van der Waals surface area contributed by atoms with E-state index in [1.54, 1.807) is 0 Å². The van der Waals surface area contributed by atoms with E-state index in [1.807, 2.05) is 31.2 Å². The van der Waals surface area contributed by atoms with E-state index < -0.39 is 4.87 Å². The van der Waals surface area contributed by atoms with Crippen molar-refractivity contribution in [1.82, 2.24) is 5.32 Å². The summed E-state index contributed by atoms with van der Waals surface area (Å²) in [7, 11) is 0. The van der Waals surface area contributed by atoms with Crippen molar-refractivity contribution in [2.45, 2.75) is 32.6 Å². The Morgan fingerprint density at radius 1 is 1.44 bits per heavy atom. The number of nitrogens with one attached hydrogen (secondary N) is 1. The van der Waals surface area contributed by atoms with Crippen LogP contribution in [0.3, 0.4) is 0 Å². The molecule has 1 N–H and O–H groups in total. The molecule has 2 atom stereocenters. The summed E-state index contributed by atoms with van der Waals surface area (Å²) in [5.41, 5.74) is -0.175. The van der Waals surface area contributed by atoms with Gasteiger partial charge in [0.15, 0.2) is 0 Å². The van der Waals surface area contributed by atoms with E-state index in [-0.39, 0.29) is 17.2 Å². The van der Waals surface area contributed by atoms with Crippen LogP contribution in [0.2, 0.25) is 0 Å². The largest absolute Gasteiger partial charge is 0.356 e. The van der Waals surface area contributed by atoms with E-state index >= 15 is 0 Å². The van der Waals surface area contributed by atoms with Gasteiger partial charge in [-0.3, -0.25) is 4.79 Å². The van der Waals surface area contributed by atoms with Gasteiger partial charge in [0.25, 0.3) is 0 Å². The van der Waals surface area contributed by atoms with Crippen molar-refractivity contribution in [2.75, 3.05) is 6.54 Å². The van der Waals surface area contributed by atoms with Crippen LogP contribution >= 0.6 is 11.6 Å². The molecule has 1 rings (SSSR count). The van der Waals surface area contributed by atoms with Gasteiger partial charge in [-0.05, 0) is 12.3 Å². The van der Waals surface area contributed by atoms with Gasteiger partial charge in [-0.1, -0.05) is 45.1 Å². The van der Waals surface area contributed by atoms with Crippen LogP contribution in [0.5, 0.6) is 0 Å². The summed E-state index contributed by atoms with van der Waals surface area (Å²) in [6.07, 6.45) is 7.60. The molecule has 90 valence electrons. The molecule has 3 heteroatoms. The molecule has 0 aromatic rings. The molecule has 0 saturated carbocycles. The number of halogens is 1. The lowest BCUT2D eigenvalue weighted by atomic mass is 9.70. The van der Waals surface area contributed by atoms with Crippen molar-refractivity contribution in [3.05, 3.63) is 24.3 Å². The molecule has 0 fully saturated rings. The molecule has 2 nitrogen and oxygen atoms in total. The third kappa shape index (κ3) is 2.32. The lowest BCUT2D eigenvalue weighted by Crippen LogP contribution is -2.49. The number of carbonyl (C=O) groups excluding carboxylic acids is 1. The third-order valence-corrected chi connectivity index (χ3v) is 3.92. The number of hydrogen-bond donors (Lipinski definition) is 1. The third-order valence-electron chi connectivity index (χ3n) is 2.99. The minimum absolute atomic E-state index is 0.00646. The zero-order chi connectivity index (χ0) is 12.4. The Balaban J connectivity index is 3.02.